The number of nitro benzene ring substituents is 1. The standard InChI is InChI=1S/C34H33N3O7S/c1-21(2)16-17-43-27-15-12-25(19-28(27)42-4)31-30(33(39)44-20-24-8-6-5-7-9-24)22(3)35-34-36(31)32(38)29(45-34)18-23-10-13-26(14-11-23)37(40)41/h5-15,18-19,21,31H,16-17,20H2,1-4H3. The average Bonchev–Trinajstić information content (AvgIpc) is 3.33. The highest BCUT2D eigenvalue weighted by atomic mass is 32.1. The van der Waals surface area contributed by atoms with Gasteiger partial charge < -0.3 is 14.2 Å². The van der Waals surface area contributed by atoms with Crippen molar-refractivity contribution >= 4 is 29.1 Å². The normalized spacial score (nSPS) is 14.6. The molecule has 0 fully saturated rings. The second-order valence-corrected chi connectivity index (χ2v) is 11.9. The minimum Gasteiger partial charge on any atom is -0.493 e. The van der Waals surface area contributed by atoms with Crippen molar-refractivity contribution in [3.05, 3.63) is 131 Å². The van der Waals surface area contributed by atoms with Crippen LogP contribution < -0.4 is 24.4 Å². The lowest BCUT2D eigenvalue weighted by atomic mass is 9.95. The number of thiazole rings is 1. The van der Waals surface area contributed by atoms with Gasteiger partial charge in [-0.05, 0) is 66.3 Å². The molecule has 1 aliphatic rings. The molecule has 45 heavy (non-hydrogen) atoms. The van der Waals surface area contributed by atoms with Gasteiger partial charge in [-0.3, -0.25) is 19.5 Å². The quantitative estimate of drug-likeness (QED) is 0.125. The van der Waals surface area contributed by atoms with Crippen molar-refractivity contribution in [1.82, 2.24) is 4.57 Å². The number of ether oxygens (including phenoxy) is 3. The van der Waals surface area contributed by atoms with Gasteiger partial charge in [-0.15, -0.1) is 0 Å². The number of esters is 1. The molecule has 0 amide bonds. The van der Waals surface area contributed by atoms with Gasteiger partial charge >= 0.3 is 5.97 Å². The number of aromatic nitrogens is 1. The van der Waals surface area contributed by atoms with Crippen molar-refractivity contribution in [2.45, 2.75) is 39.8 Å². The van der Waals surface area contributed by atoms with Crippen LogP contribution in [0.25, 0.3) is 6.08 Å². The Hall–Kier alpha value is -5.03. The van der Waals surface area contributed by atoms with Gasteiger partial charge in [-0.25, -0.2) is 9.79 Å². The number of hydrogen-bond donors (Lipinski definition) is 0. The zero-order valence-corrected chi connectivity index (χ0v) is 26.2. The fourth-order valence-corrected chi connectivity index (χ4v) is 5.97. The van der Waals surface area contributed by atoms with E-state index in [0.717, 1.165) is 12.0 Å². The number of benzene rings is 3. The minimum atomic E-state index is -0.859. The lowest BCUT2D eigenvalue weighted by Gasteiger charge is -2.25. The van der Waals surface area contributed by atoms with Crippen molar-refractivity contribution < 1.29 is 23.9 Å². The first-order chi connectivity index (χ1) is 21.7. The minimum absolute atomic E-state index is 0.0477. The first-order valence-electron chi connectivity index (χ1n) is 14.4. The van der Waals surface area contributed by atoms with Gasteiger partial charge in [0.1, 0.15) is 6.61 Å². The van der Waals surface area contributed by atoms with Crippen LogP contribution in [0, 0.1) is 16.0 Å². The lowest BCUT2D eigenvalue weighted by Crippen LogP contribution is -2.39. The van der Waals surface area contributed by atoms with Crippen LogP contribution in [0.15, 0.2) is 93.9 Å². The predicted molar refractivity (Wildman–Crippen MR) is 171 cm³/mol. The molecule has 10 nitrogen and oxygen atoms in total. The van der Waals surface area contributed by atoms with Gasteiger partial charge in [0.25, 0.3) is 11.2 Å². The van der Waals surface area contributed by atoms with Crippen LogP contribution in [-0.2, 0) is 16.1 Å². The number of carbonyl (C=O) groups is 1. The van der Waals surface area contributed by atoms with Crippen LogP contribution in [0.5, 0.6) is 11.5 Å². The predicted octanol–water partition coefficient (Wildman–Crippen LogP) is 5.32. The monoisotopic (exact) mass is 627 g/mol. The molecule has 4 aromatic rings. The third-order valence-electron chi connectivity index (χ3n) is 7.31. The molecule has 0 saturated carbocycles. The van der Waals surface area contributed by atoms with Crippen LogP contribution in [-0.4, -0.2) is 29.2 Å². The number of allylic oxidation sites excluding steroid dienone is 1. The van der Waals surface area contributed by atoms with E-state index < -0.39 is 16.9 Å². The van der Waals surface area contributed by atoms with Gasteiger partial charge in [0.05, 0.1) is 40.5 Å². The van der Waals surface area contributed by atoms with Crippen LogP contribution in [0.4, 0.5) is 5.69 Å². The van der Waals surface area contributed by atoms with E-state index in [0.29, 0.717) is 50.2 Å². The largest absolute Gasteiger partial charge is 0.493 e. The maximum atomic E-state index is 14.0. The van der Waals surface area contributed by atoms with Crippen molar-refractivity contribution in [2.24, 2.45) is 10.9 Å². The molecule has 3 aromatic carbocycles. The lowest BCUT2D eigenvalue weighted by molar-refractivity contribution is -0.384. The summed E-state index contributed by atoms with van der Waals surface area (Å²) in [6.45, 7) is 6.53. The summed E-state index contributed by atoms with van der Waals surface area (Å²) in [6, 6.07) is 19.8. The summed E-state index contributed by atoms with van der Waals surface area (Å²) < 4.78 is 19.3. The Kier molecular flexibility index (Phi) is 9.58. The van der Waals surface area contributed by atoms with Crippen molar-refractivity contribution in [3.8, 4) is 11.5 Å². The molecule has 5 rings (SSSR count). The topological polar surface area (TPSA) is 122 Å². The van der Waals surface area contributed by atoms with Gasteiger partial charge in [-0.2, -0.15) is 0 Å². The number of carbonyl (C=O) groups excluding carboxylic acids is 1. The molecular weight excluding hydrogens is 594 g/mol. The molecule has 0 spiro atoms. The van der Waals surface area contributed by atoms with Crippen LogP contribution in [0.2, 0.25) is 0 Å². The molecule has 1 unspecified atom stereocenters. The number of fused-ring (bicyclic) bond motifs is 1. The van der Waals surface area contributed by atoms with Gasteiger partial charge in [0.15, 0.2) is 16.3 Å². The molecule has 2 heterocycles. The van der Waals surface area contributed by atoms with Crippen LogP contribution >= 0.6 is 11.3 Å². The molecule has 1 aromatic heterocycles. The van der Waals surface area contributed by atoms with E-state index in [9.17, 15) is 19.7 Å². The smallest absolute Gasteiger partial charge is 0.338 e. The highest BCUT2D eigenvalue weighted by Gasteiger charge is 2.34. The van der Waals surface area contributed by atoms with E-state index >= 15 is 0 Å². The van der Waals surface area contributed by atoms with Gasteiger partial charge in [-0.1, -0.05) is 61.6 Å². The van der Waals surface area contributed by atoms with Crippen molar-refractivity contribution in [1.29, 1.82) is 0 Å². The molecule has 11 heteroatoms. The molecular formula is C34H33N3O7S. The summed E-state index contributed by atoms with van der Waals surface area (Å²) in [5.74, 6) is 0.906. The molecule has 0 radical (unpaired) electrons. The summed E-state index contributed by atoms with van der Waals surface area (Å²) in [7, 11) is 1.54. The number of nitro groups is 1. The second kappa shape index (κ2) is 13.7. The van der Waals surface area contributed by atoms with E-state index in [1.807, 2.05) is 36.4 Å². The van der Waals surface area contributed by atoms with Crippen molar-refractivity contribution in [3.63, 3.8) is 0 Å². The molecule has 1 aliphatic heterocycles. The Labute approximate surface area is 263 Å². The number of non-ortho nitro benzene ring substituents is 1. The van der Waals surface area contributed by atoms with Gasteiger partial charge in [0, 0.05) is 12.1 Å². The van der Waals surface area contributed by atoms with Crippen LogP contribution in [0.3, 0.4) is 0 Å². The molecule has 232 valence electrons. The summed E-state index contributed by atoms with van der Waals surface area (Å²) in [6.07, 6.45) is 2.53. The van der Waals surface area contributed by atoms with E-state index in [1.54, 1.807) is 44.4 Å². The van der Waals surface area contributed by atoms with Gasteiger partial charge in [0.2, 0.25) is 0 Å². The first-order valence-corrected chi connectivity index (χ1v) is 15.3. The van der Waals surface area contributed by atoms with E-state index in [2.05, 4.69) is 18.8 Å². The summed E-state index contributed by atoms with van der Waals surface area (Å²) in [5.41, 5.74) is 2.31. The molecule has 1 atom stereocenters. The van der Waals surface area contributed by atoms with E-state index in [1.165, 1.54) is 28.0 Å². The Morgan fingerprint density at radius 2 is 1.82 bits per heavy atom. The van der Waals surface area contributed by atoms with E-state index in [4.69, 9.17) is 14.2 Å². The maximum Gasteiger partial charge on any atom is 0.338 e. The number of methoxy groups -OCH3 is 1. The molecule has 0 bridgehead atoms. The Balaban J connectivity index is 1.59. The first kappa shape index (κ1) is 31.4. The summed E-state index contributed by atoms with van der Waals surface area (Å²) in [4.78, 5) is 43.4. The Morgan fingerprint density at radius 3 is 2.49 bits per heavy atom. The zero-order valence-electron chi connectivity index (χ0n) is 25.4. The maximum absolute atomic E-state index is 14.0. The third-order valence-corrected chi connectivity index (χ3v) is 8.30. The number of hydrogen-bond acceptors (Lipinski definition) is 9. The number of rotatable bonds is 11. The number of nitrogens with zero attached hydrogens (tertiary/aromatic N) is 3. The third kappa shape index (κ3) is 7.04. The fraction of sp³-hybridized carbons (Fsp3) is 0.265. The van der Waals surface area contributed by atoms with Crippen molar-refractivity contribution in [2.75, 3.05) is 13.7 Å². The highest BCUT2D eigenvalue weighted by molar-refractivity contribution is 7.07. The van der Waals surface area contributed by atoms with E-state index in [-0.39, 0.29) is 23.4 Å². The molecule has 0 aliphatic carbocycles. The zero-order chi connectivity index (χ0) is 32.1. The molecule has 0 N–H and O–H groups in total. The second-order valence-electron chi connectivity index (χ2n) is 10.9. The Bertz CT molecular complexity index is 1930. The summed E-state index contributed by atoms with van der Waals surface area (Å²) >= 11 is 1.17. The highest BCUT2D eigenvalue weighted by Crippen LogP contribution is 2.36. The fourth-order valence-electron chi connectivity index (χ4n) is 4.92. The van der Waals surface area contributed by atoms with Crippen LogP contribution in [0.1, 0.15) is 49.9 Å². The average molecular weight is 628 g/mol. The Morgan fingerprint density at radius 1 is 1.09 bits per heavy atom. The molecule has 0 saturated heterocycles. The SMILES string of the molecule is COc1cc(C2C(C(=O)OCc3ccccc3)=C(C)N=c3sc(=Cc4ccc([N+](=O)[O-])cc4)c(=O)n32)ccc1OCCC(C)C. The summed E-state index contributed by atoms with van der Waals surface area (Å²) in [5, 5.41) is 11.1.